The molecule has 0 atom stereocenters. The van der Waals surface area contributed by atoms with Crippen molar-refractivity contribution >= 4 is 17.5 Å². The summed E-state index contributed by atoms with van der Waals surface area (Å²) in [6.07, 6.45) is 0. The van der Waals surface area contributed by atoms with Gasteiger partial charge in [-0.2, -0.15) is 0 Å². The topological polar surface area (TPSA) is 71.3 Å². The summed E-state index contributed by atoms with van der Waals surface area (Å²) in [7, 11) is 3.76. The van der Waals surface area contributed by atoms with Gasteiger partial charge in [-0.25, -0.2) is 9.97 Å². The lowest BCUT2D eigenvalue weighted by Gasteiger charge is -2.15. The molecule has 1 amide bonds. The molecular weight excluding hydrogens is 268 g/mol. The first kappa shape index (κ1) is 15.0. The molecule has 6 heteroatoms. The molecule has 0 spiro atoms. The Hall–Kier alpha value is -2.37. The summed E-state index contributed by atoms with van der Waals surface area (Å²) >= 11 is 0. The number of nitrogens with one attached hydrogen (secondary N) is 1. The van der Waals surface area contributed by atoms with E-state index in [0.717, 1.165) is 11.4 Å². The highest BCUT2D eigenvalue weighted by molar-refractivity contribution is 6.05. The molecule has 6 nitrogen and oxygen atoms in total. The van der Waals surface area contributed by atoms with E-state index in [9.17, 15) is 4.79 Å². The molecular formula is C15H20N4O2. The predicted octanol–water partition coefficient (Wildman–Crippen LogP) is 2.62. The van der Waals surface area contributed by atoms with E-state index in [-0.39, 0.29) is 5.91 Å². The van der Waals surface area contributed by atoms with Crippen molar-refractivity contribution in [2.75, 3.05) is 24.3 Å². The molecule has 0 radical (unpaired) electrons. The molecule has 0 fully saturated rings. The molecule has 0 aliphatic carbocycles. The Morgan fingerprint density at radius 2 is 1.71 bits per heavy atom. The van der Waals surface area contributed by atoms with Crippen molar-refractivity contribution in [3.8, 4) is 0 Å². The lowest BCUT2D eigenvalue weighted by atomic mass is 10.2. The van der Waals surface area contributed by atoms with Crippen LogP contribution in [0.15, 0.2) is 10.5 Å². The first-order valence-corrected chi connectivity index (χ1v) is 6.70. The molecule has 2 aromatic heterocycles. The van der Waals surface area contributed by atoms with Crippen molar-refractivity contribution < 1.29 is 9.21 Å². The van der Waals surface area contributed by atoms with Gasteiger partial charge in [-0.3, -0.25) is 4.79 Å². The second-order valence-corrected chi connectivity index (χ2v) is 5.24. The van der Waals surface area contributed by atoms with Crippen LogP contribution < -0.4 is 10.2 Å². The van der Waals surface area contributed by atoms with Gasteiger partial charge in [0.05, 0.1) is 22.6 Å². The van der Waals surface area contributed by atoms with E-state index in [1.54, 1.807) is 13.0 Å². The predicted molar refractivity (Wildman–Crippen MR) is 82.0 cm³/mol. The van der Waals surface area contributed by atoms with Gasteiger partial charge in [-0.15, -0.1) is 0 Å². The van der Waals surface area contributed by atoms with Gasteiger partial charge < -0.3 is 14.6 Å². The second kappa shape index (κ2) is 5.55. The van der Waals surface area contributed by atoms with Crippen molar-refractivity contribution in [1.29, 1.82) is 0 Å². The van der Waals surface area contributed by atoms with E-state index in [0.29, 0.717) is 28.7 Å². The molecule has 0 saturated heterocycles. The van der Waals surface area contributed by atoms with Gasteiger partial charge in [-0.1, -0.05) is 0 Å². The van der Waals surface area contributed by atoms with Crippen LogP contribution in [0.1, 0.15) is 33.3 Å². The third-order valence-corrected chi connectivity index (χ3v) is 3.18. The maximum atomic E-state index is 12.3. The van der Waals surface area contributed by atoms with E-state index in [1.807, 2.05) is 39.8 Å². The zero-order valence-corrected chi connectivity index (χ0v) is 13.2. The SMILES string of the molecule is Cc1cc(C(=O)Nc2c(C)nc(N(C)C)nc2C)c(C)o1. The average Bonchev–Trinajstić information content (AvgIpc) is 2.72. The molecule has 0 saturated carbocycles. The van der Waals surface area contributed by atoms with Crippen LogP contribution in [-0.4, -0.2) is 30.0 Å². The quantitative estimate of drug-likeness (QED) is 0.940. The van der Waals surface area contributed by atoms with Crippen molar-refractivity contribution in [3.63, 3.8) is 0 Å². The van der Waals surface area contributed by atoms with E-state index in [1.165, 1.54) is 0 Å². The van der Waals surface area contributed by atoms with E-state index in [4.69, 9.17) is 4.42 Å². The summed E-state index contributed by atoms with van der Waals surface area (Å²) in [5.74, 6) is 1.73. The number of amides is 1. The average molecular weight is 288 g/mol. The minimum atomic E-state index is -0.211. The van der Waals surface area contributed by atoms with Crippen LogP contribution in [0.25, 0.3) is 0 Å². The number of anilines is 2. The summed E-state index contributed by atoms with van der Waals surface area (Å²) in [5, 5.41) is 2.87. The molecule has 2 rings (SSSR count). The van der Waals surface area contributed by atoms with Gasteiger partial charge in [-0.05, 0) is 33.8 Å². The lowest BCUT2D eigenvalue weighted by Crippen LogP contribution is -2.18. The molecule has 0 aliphatic heterocycles. The van der Waals surface area contributed by atoms with Crippen molar-refractivity contribution in [2.24, 2.45) is 0 Å². The van der Waals surface area contributed by atoms with Gasteiger partial charge in [0, 0.05) is 14.1 Å². The standard InChI is InChI=1S/C15H20N4O2/c1-8-7-12(11(4)21-8)14(20)18-13-9(2)16-15(19(5)6)17-10(13)3/h7H,1-6H3,(H,18,20). The number of nitrogens with zero attached hydrogens (tertiary/aromatic N) is 3. The van der Waals surface area contributed by atoms with Crippen molar-refractivity contribution in [2.45, 2.75) is 27.7 Å². The minimum absolute atomic E-state index is 0.211. The smallest absolute Gasteiger partial charge is 0.259 e. The van der Waals surface area contributed by atoms with Crippen LogP contribution in [0.4, 0.5) is 11.6 Å². The Balaban J connectivity index is 2.32. The number of hydrogen-bond acceptors (Lipinski definition) is 5. The number of aryl methyl sites for hydroxylation is 4. The Kier molecular flexibility index (Phi) is 3.97. The van der Waals surface area contributed by atoms with Gasteiger partial charge in [0.25, 0.3) is 5.91 Å². The number of carbonyl (C=O) groups excluding carboxylic acids is 1. The number of rotatable bonds is 3. The summed E-state index contributed by atoms with van der Waals surface area (Å²) < 4.78 is 5.39. The fourth-order valence-corrected chi connectivity index (χ4v) is 2.12. The molecule has 2 aromatic rings. The molecule has 0 bridgehead atoms. The third-order valence-electron chi connectivity index (χ3n) is 3.18. The van der Waals surface area contributed by atoms with Crippen LogP contribution in [0.2, 0.25) is 0 Å². The maximum Gasteiger partial charge on any atom is 0.259 e. The normalized spacial score (nSPS) is 10.6. The van der Waals surface area contributed by atoms with Crippen molar-refractivity contribution in [1.82, 2.24) is 9.97 Å². The second-order valence-electron chi connectivity index (χ2n) is 5.24. The Bertz CT molecular complexity index is 666. The maximum absolute atomic E-state index is 12.3. The van der Waals surface area contributed by atoms with E-state index < -0.39 is 0 Å². The summed E-state index contributed by atoms with van der Waals surface area (Å²) in [5.41, 5.74) is 2.64. The van der Waals surface area contributed by atoms with Crippen LogP contribution in [0.3, 0.4) is 0 Å². The third kappa shape index (κ3) is 3.04. The molecule has 0 unspecified atom stereocenters. The fraction of sp³-hybridized carbons (Fsp3) is 0.400. The fourth-order valence-electron chi connectivity index (χ4n) is 2.12. The summed E-state index contributed by atoms with van der Waals surface area (Å²) in [4.78, 5) is 22.9. The minimum Gasteiger partial charge on any atom is -0.466 e. The van der Waals surface area contributed by atoms with Gasteiger partial charge >= 0.3 is 0 Å². The Morgan fingerprint density at radius 3 is 2.14 bits per heavy atom. The molecule has 0 aromatic carbocycles. The highest BCUT2D eigenvalue weighted by Gasteiger charge is 2.17. The van der Waals surface area contributed by atoms with E-state index >= 15 is 0 Å². The van der Waals surface area contributed by atoms with E-state index in [2.05, 4.69) is 15.3 Å². The highest BCUT2D eigenvalue weighted by Crippen LogP contribution is 2.22. The Labute approximate surface area is 124 Å². The zero-order valence-electron chi connectivity index (χ0n) is 13.2. The van der Waals surface area contributed by atoms with Crippen LogP contribution >= 0.6 is 0 Å². The number of carbonyl (C=O) groups is 1. The molecule has 1 N–H and O–H groups in total. The summed E-state index contributed by atoms with van der Waals surface area (Å²) in [6, 6.07) is 1.73. The first-order valence-electron chi connectivity index (χ1n) is 6.70. The first-order chi connectivity index (χ1) is 9.79. The summed E-state index contributed by atoms with van der Waals surface area (Å²) in [6.45, 7) is 7.29. The Morgan fingerprint density at radius 1 is 1.14 bits per heavy atom. The molecule has 21 heavy (non-hydrogen) atoms. The van der Waals surface area contributed by atoms with Gasteiger partial charge in [0.15, 0.2) is 0 Å². The largest absolute Gasteiger partial charge is 0.466 e. The van der Waals surface area contributed by atoms with Crippen LogP contribution in [-0.2, 0) is 0 Å². The van der Waals surface area contributed by atoms with Crippen molar-refractivity contribution in [3.05, 3.63) is 34.5 Å². The number of furan rings is 1. The van der Waals surface area contributed by atoms with Crippen LogP contribution in [0.5, 0.6) is 0 Å². The highest BCUT2D eigenvalue weighted by atomic mass is 16.3. The molecule has 0 aliphatic rings. The molecule has 112 valence electrons. The number of aromatic nitrogens is 2. The van der Waals surface area contributed by atoms with Crippen LogP contribution in [0, 0.1) is 27.7 Å². The monoisotopic (exact) mass is 288 g/mol. The molecule has 2 heterocycles. The number of hydrogen-bond donors (Lipinski definition) is 1. The lowest BCUT2D eigenvalue weighted by molar-refractivity contribution is 0.102. The van der Waals surface area contributed by atoms with Gasteiger partial charge in [0.1, 0.15) is 11.5 Å². The van der Waals surface area contributed by atoms with Gasteiger partial charge in [0.2, 0.25) is 5.95 Å². The zero-order chi connectivity index (χ0) is 15.7.